The van der Waals surface area contributed by atoms with E-state index in [0.717, 1.165) is 21.5 Å². The van der Waals surface area contributed by atoms with E-state index in [1.54, 1.807) is 6.07 Å². The van der Waals surface area contributed by atoms with Crippen molar-refractivity contribution in [2.24, 2.45) is 5.41 Å². The number of Topliss-reactive ketones (excluding diaryl/α,β-unsaturated/α-hetero) is 1. The lowest BCUT2D eigenvalue weighted by Gasteiger charge is -2.26. The van der Waals surface area contributed by atoms with Crippen molar-refractivity contribution in [2.75, 3.05) is 0 Å². The summed E-state index contributed by atoms with van der Waals surface area (Å²) in [6.45, 7) is 4.15. The Labute approximate surface area is 129 Å². The average Bonchev–Trinajstić information content (AvgIpc) is 2.74. The predicted molar refractivity (Wildman–Crippen MR) is 81.6 cm³/mol. The smallest absolute Gasteiger partial charge is 0.175 e. The Morgan fingerprint density at radius 2 is 2.10 bits per heavy atom. The summed E-state index contributed by atoms with van der Waals surface area (Å²) in [4.78, 5) is 17.5. The van der Waals surface area contributed by atoms with Gasteiger partial charge in [0.1, 0.15) is 10.8 Å². The third-order valence-corrected chi connectivity index (χ3v) is 5.26. The molecule has 1 aliphatic rings. The predicted octanol–water partition coefficient (Wildman–Crippen LogP) is 4.87. The minimum atomic E-state index is -0.303. The van der Waals surface area contributed by atoms with Crippen LogP contribution >= 0.6 is 27.3 Å². The number of carbonyl (C=O) groups excluding carboxylic acids is 1. The largest absolute Gasteiger partial charge is 0.293 e. The van der Waals surface area contributed by atoms with Crippen LogP contribution in [0, 0.1) is 11.2 Å². The van der Waals surface area contributed by atoms with E-state index in [4.69, 9.17) is 0 Å². The molecule has 0 fully saturated rings. The minimum absolute atomic E-state index is 0.0470. The summed E-state index contributed by atoms with van der Waals surface area (Å²) in [5.74, 6) is -0.157. The first kappa shape index (κ1) is 13.9. The summed E-state index contributed by atoms with van der Waals surface area (Å²) in [5, 5.41) is 0.701. The van der Waals surface area contributed by atoms with Gasteiger partial charge in [-0.1, -0.05) is 29.8 Å². The Balaban J connectivity index is 2.10. The first-order valence-electron chi connectivity index (χ1n) is 6.34. The minimum Gasteiger partial charge on any atom is -0.293 e. The third-order valence-electron chi connectivity index (χ3n) is 3.39. The quantitative estimate of drug-likeness (QED) is 0.732. The van der Waals surface area contributed by atoms with Gasteiger partial charge in [0, 0.05) is 16.5 Å². The monoisotopic (exact) mass is 353 g/mol. The maximum atomic E-state index is 13.4. The molecular weight excluding hydrogens is 341 g/mol. The Kier molecular flexibility index (Phi) is 3.29. The van der Waals surface area contributed by atoms with Crippen LogP contribution in [0.2, 0.25) is 0 Å². The SMILES string of the molecule is CC1(C)CC(=O)c2sc(-c3cc(F)ccc3Br)nc2C1. The standard InChI is InChI=1S/C15H13BrFNOS/c1-15(2)6-11-13(12(19)7-15)20-14(18-11)9-5-8(17)3-4-10(9)16/h3-5H,6-7H2,1-2H3. The molecule has 5 heteroatoms. The van der Waals surface area contributed by atoms with Crippen LogP contribution in [0.1, 0.15) is 35.6 Å². The molecule has 1 aromatic carbocycles. The summed E-state index contributed by atoms with van der Waals surface area (Å²) in [5.41, 5.74) is 1.51. The van der Waals surface area contributed by atoms with Crippen molar-refractivity contribution in [1.29, 1.82) is 0 Å². The molecule has 3 rings (SSSR count). The van der Waals surface area contributed by atoms with Crippen LogP contribution in [-0.4, -0.2) is 10.8 Å². The second kappa shape index (κ2) is 4.74. The van der Waals surface area contributed by atoms with Crippen LogP contribution in [0.4, 0.5) is 4.39 Å². The summed E-state index contributed by atoms with van der Waals surface area (Å²) < 4.78 is 14.2. The molecule has 0 N–H and O–H groups in total. The van der Waals surface area contributed by atoms with Crippen molar-refractivity contribution >= 4 is 33.0 Å². The van der Waals surface area contributed by atoms with Gasteiger partial charge in [0.25, 0.3) is 0 Å². The number of thiazole rings is 1. The topological polar surface area (TPSA) is 30.0 Å². The lowest BCUT2D eigenvalue weighted by Crippen LogP contribution is -2.25. The van der Waals surface area contributed by atoms with Gasteiger partial charge < -0.3 is 0 Å². The van der Waals surface area contributed by atoms with Gasteiger partial charge in [-0.05, 0) is 30.0 Å². The van der Waals surface area contributed by atoms with Gasteiger partial charge in [-0.15, -0.1) is 11.3 Å². The fraction of sp³-hybridized carbons (Fsp3) is 0.333. The van der Waals surface area contributed by atoms with Gasteiger partial charge in [0.15, 0.2) is 5.78 Å². The number of fused-ring (bicyclic) bond motifs is 1. The highest BCUT2D eigenvalue weighted by Crippen LogP contribution is 2.40. The van der Waals surface area contributed by atoms with Gasteiger partial charge in [0.2, 0.25) is 0 Å². The highest BCUT2D eigenvalue weighted by atomic mass is 79.9. The van der Waals surface area contributed by atoms with Crippen LogP contribution in [-0.2, 0) is 6.42 Å². The molecule has 20 heavy (non-hydrogen) atoms. The van der Waals surface area contributed by atoms with E-state index in [1.165, 1.54) is 23.5 Å². The molecule has 0 atom stereocenters. The number of rotatable bonds is 1. The van der Waals surface area contributed by atoms with Crippen molar-refractivity contribution in [3.63, 3.8) is 0 Å². The lowest BCUT2D eigenvalue weighted by atomic mass is 9.78. The maximum Gasteiger partial charge on any atom is 0.175 e. The molecule has 104 valence electrons. The number of ketones is 1. The van der Waals surface area contributed by atoms with Gasteiger partial charge >= 0.3 is 0 Å². The van der Waals surface area contributed by atoms with E-state index < -0.39 is 0 Å². The molecule has 1 aromatic heterocycles. The molecule has 0 amide bonds. The Morgan fingerprint density at radius 3 is 2.85 bits per heavy atom. The van der Waals surface area contributed by atoms with Gasteiger partial charge in [-0.3, -0.25) is 4.79 Å². The number of nitrogens with zero attached hydrogens (tertiary/aromatic N) is 1. The number of hydrogen-bond donors (Lipinski definition) is 0. The van der Waals surface area contributed by atoms with E-state index in [-0.39, 0.29) is 17.0 Å². The molecule has 0 saturated heterocycles. The van der Waals surface area contributed by atoms with Crippen LogP contribution in [0.5, 0.6) is 0 Å². The zero-order chi connectivity index (χ0) is 14.5. The van der Waals surface area contributed by atoms with Gasteiger partial charge in [0.05, 0.1) is 10.6 Å². The van der Waals surface area contributed by atoms with Crippen molar-refractivity contribution < 1.29 is 9.18 Å². The summed E-state index contributed by atoms with van der Waals surface area (Å²) >= 11 is 4.78. The van der Waals surface area contributed by atoms with Crippen LogP contribution in [0.25, 0.3) is 10.6 Å². The number of carbonyl (C=O) groups is 1. The van der Waals surface area contributed by atoms with Gasteiger partial charge in [-0.25, -0.2) is 9.37 Å². The zero-order valence-electron chi connectivity index (χ0n) is 11.2. The van der Waals surface area contributed by atoms with Crippen LogP contribution in [0.3, 0.4) is 0 Å². The Morgan fingerprint density at radius 1 is 1.35 bits per heavy atom. The van der Waals surface area contributed by atoms with E-state index >= 15 is 0 Å². The summed E-state index contributed by atoms with van der Waals surface area (Å²) in [7, 11) is 0. The summed E-state index contributed by atoms with van der Waals surface area (Å²) in [6.07, 6.45) is 1.34. The lowest BCUT2D eigenvalue weighted by molar-refractivity contribution is 0.0916. The second-order valence-electron chi connectivity index (χ2n) is 5.86. The number of halogens is 2. The molecule has 0 saturated carbocycles. The fourth-order valence-electron chi connectivity index (χ4n) is 2.50. The van der Waals surface area contributed by atoms with Crippen molar-refractivity contribution in [2.45, 2.75) is 26.7 Å². The van der Waals surface area contributed by atoms with E-state index in [1.807, 2.05) is 0 Å². The van der Waals surface area contributed by atoms with Gasteiger partial charge in [-0.2, -0.15) is 0 Å². The maximum absolute atomic E-state index is 13.4. The summed E-state index contributed by atoms with van der Waals surface area (Å²) in [6, 6.07) is 4.51. The van der Waals surface area contributed by atoms with Crippen molar-refractivity contribution in [3.8, 4) is 10.6 Å². The van der Waals surface area contributed by atoms with E-state index in [0.29, 0.717) is 17.0 Å². The first-order valence-corrected chi connectivity index (χ1v) is 7.95. The molecule has 0 aliphatic heterocycles. The zero-order valence-corrected chi connectivity index (χ0v) is 13.6. The van der Waals surface area contributed by atoms with Crippen LogP contribution in [0.15, 0.2) is 22.7 Å². The molecule has 0 spiro atoms. The molecule has 0 unspecified atom stereocenters. The molecule has 0 bridgehead atoms. The fourth-order valence-corrected chi connectivity index (χ4v) is 4.11. The van der Waals surface area contributed by atoms with Crippen molar-refractivity contribution in [3.05, 3.63) is 39.1 Å². The normalized spacial score (nSPS) is 17.1. The number of benzene rings is 1. The molecule has 1 heterocycles. The second-order valence-corrected chi connectivity index (χ2v) is 7.71. The van der Waals surface area contributed by atoms with Crippen LogP contribution < -0.4 is 0 Å². The molecule has 2 nitrogen and oxygen atoms in total. The molecule has 1 aliphatic carbocycles. The molecular formula is C15H13BrFNOS. The molecule has 2 aromatic rings. The van der Waals surface area contributed by atoms with Crippen molar-refractivity contribution in [1.82, 2.24) is 4.98 Å². The Bertz CT molecular complexity index is 708. The number of aromatic nitrogens is 1. The van der Waals surface area contributed by atoms with E-state index in [2.05, 4.69) is 34.8 Å². The van der Waals surface area contributed by atoms with E-state index in [9.17, 15) is 9.18 Å². The highest BCUT2D eigenvalue weighted by Gasteiger charge is 2.34. The first-order chi connectivity index (χ1) is 9.35. The number of hydrogen-bond acceptors (Lipinski definition) is 3. The Hall–Kier alpha value is -1.07. The third kappa shape index (κ3) is 2.44. The highest BCUT2D eigenvalue weighted by molar-refractivity contribution is 9.10. The molecule has 0 radical (unpaired) electrons. The average molecular weight is 354 g/mol.